The van der Waals surface area contributed by atoms with Crippen LogP contribution in [-0.4, -0.2) is 54.6 Å². The maximum absolute atomic E-state index is 14.1. The van der Waals surface area contributed by atoms with Gasteiger partial charge < -0.3 is 20.3 Å². The smallest absolute Gasteiger partial charge is 0.249 e. The molecule has 0 bridgehead atoms. The average Bonchev–Trinajstić information content (AvgIpc) is 3.01. The van der Waals surface area contributed by atoms with Gasteiger partial charge in [-0.3, -0.25) is 9.59 Å². The SMILES string of the molecule is CCOC1CC(N)(C(=O)N(C)C2CCN(c3ccccc3F)C2=O)C1(C)C. The molecule has 2 fully saturated rings. The first-order valence-corrected chi connectivity index (χ1v) is 9.38. The van der Waals surface area contributed by atoms with Crippen LogP contribution in [0.1, 0.15) is 33.6 Å². The molecule has 3 unspecified atom stereocenters. The molecule has 3 rings (SSSR count). The van der Waals surface area contributed by atoms with Crippen LogP contribution in [0, 0.1) is 11.2 Å². The van der Waals surface area contributed by atoms with Crippen molar-refractivity contribution in [1.29, 1.82) is 0 Å². The third-order valence-electron chi connectivity index (χ3n) is 6.32. The van der Waals surface area contributed by atoms with Gasteiger partial charge in [0, 0.05) is 32.0 Å². The largest absolute Gasteiger partial charge is 0.378 e. The van der Waals surface area contributed by atoms with Crippen molar-refractivity contribution in [2.45, 2.75) is 51.3 Å². The van der Waals surface area contributed by atoms with Gasteiger partial charge in [-0.1, -0.05) is 26.0 Å². The molecule has 0 spiro atoms. The average molecular weight is 377 g/mol. The van der Waals surface area contributed by atoms with Crippen LogP contribution < -0.4 is 10.6 Å². The lowest BCUT2D eigenvalue weighted by Gasteiger charge is -2.58. The van der Waals surface area contributed by atoms with E-state index < -0.39 is 22.8 Å². The van der Waals surface area contributed by atoms with Gasteiger partial charge in [0.2, 0.25) is 11.8 Å². The van der Waals surface area contributed by atoms with Crippen molar-refractivity contribution in [3.8, 4) is 0 Å². The van der Waals surface area contributed by atoms with Crippen molar-refractivity contribution >= 4 is 17.5 Å². The molecule has 148 valence electrons. The number of hydrogen-bond donors (Lipinski definition) is 1. The Morgan fingerprint density at radius 3 is 2.67 bits per heavy atom. The highest BCUT2D eigenvalue weighted by Crippen LogP contribution is 2.50. The molecule has 1 aromatic rings. The molecule has 1 heterocycles. The summed E-state index contributed by atoms with van der Waals surface area (Å²) in [7, 11) is 1.61. The lowest BCUT2D eigenvalue weighted by Crippen LogP contribution is -2.76. The number of carbonyl (C=O) groups excluding carboxylic acids is 2. The summed E-state index contributed by atoms with van der Waals surface area (Å²) in [5, 5.41) is 0. The van der Waals surface area contributed by atoms with Crippen LogP contribution in [0.15, 0.2) is 24.3 Å². The van der Waals surface area contributed by atoms with Crippen molar-refractivity contribution in [3.05, 3.63) is 30.1 Å². The maximum Gasteiger partial charge on any atom is 0.249 e. The first-order chi connectivity index (χ1) is 12.6. The summed E-state index contributed by atoms with van der Waals surface area (Å²) in [5.74, 6) is -0.995. The summed E-state index contributed by atoms with van der Waals surface area (Å²) < 4.78 is 19.7. The lowest BCUT2D eigenvalue weighted by molar-refractivity contribution is -0.180. The number of halogens is 1. The Labute approximate surface area is 159 Å². The highest BCUT2D eigenvalue weighted by molar-refractivity contribution is 6.02. The van der Waals surface area contributed by atoms with E-state index in [1.54, 1.807) is 25.2 Å². The van der Waals surface area contributed by atoms with Crippen molar-refractivity contribution in [1.82, 2.24) is 4.90 Å². The second-order valence-corrected chi connectivity index (χ2v) is 8.00. The molecule has 6 nitrogen and oxygen atoms in total. The Kier molecular flexibility index (Phi) is 5.03. The van der Waals surface area contributed by atoms with Gasteiger partial charge >= 0.3 is 0 Å². The molecule has 1 aliphatic heterocycles. The molecule has 2 amide bonds. The van der Waals surface area contributed by atoms with E-state index in [2.05, 4.69) is 0 Å². The number of hydrogen-bond acceptors (Lipinski definition) is 4. The molecule has 0 aromatic heterocycles. The summed E-state index contributed by atoms with van der Waals surface area (Å²) in [6, 6.07) is 5.53. The highest BCUT2D eigenvalue weighted by Gasteiger charge is 2.64. The van der Waals surface area contributed by atoms with E-state index in [0.29, 0.717) is 26.0 Å². The zero-order valence-electron chi connectivity index (χ0n) is 16.4. The van der Waals surface area contributed by atoms with E-state index in [1.165, 1.54) is 15.9 Å². The summed E-state index contributed by atoms with van der Waals surface area (Å²) >= 11 is 0. The van der Waals surface area contributed by atoms with E-state index in [4.69, 9.17) is 10.5 Å². The molecule has 1 saturated heterocycles. The monoisotopic (exact) mass is 377 g/mol. The van der Waals surface area contributed by atoms with Crippen LogP contribution in [0.25, 0.3) is 0 Å². The minimum atomic E-state index is -1.08. The number of likely N-dealkylation sites (N-methyl/N-ethyl adjacent to an activating group) is 1. The number of ether oxygens (including phenoxy) is 1. The maximum atomic E-state index is 14.1. The molecule has 2 N–H and O–H groups in total. The Bertz CT molecular complexity index is 754. The van der Waals surface area contributed by atoms with Crippen LogP contribution in [-0.2, 0) is 14.3 Å². The van der Waals surface area contributed by atoms with E-state index in [9.17, 15) is 14.0 Å². The standard InChI is InChI=1S/C20H28FN3O3/c1-5-27-16-12-20(22,19(16,2)3)18(26)23(4)15-10-11-24(17(15)25)14-9-7-6-8-13(14)21/h6-9,15-16H,5,10-12,22H2,1-4H3. The van der Waals surface area contributed by atoms with Crippen LogP contribution in [0.4, 0.5) is 10.1 Å². The van der Waals surface area contributed by atoms with Gasteiger partial charge in [0.25, 0.3) is 0 Å². The third kappa shape index (κ3) is 2.93. The zero-order chi connectivity index (χ0) is 20.0. The van der Waals surface area contributed by atoms with E-state index in [1.807, 2.05) is 20.8 Å². The number of nitrogens with zero attached hydrogens (tertiary/aromatic N) is 2. The summed E-state index contributed by atoms with van der Waals surface area (Å²) in [5.41, 5.74) is 5.11. The highest BCUT2D eigenvalue weighted by atomic mass is 19.1. The predicted molar refractivity (Wildman–Crippen MR) is 101 cm³/mol. The van der Waals surface area contributed by atoms with Crippen LogP contribution >= 0.6 is 0 Å². The number of carbonyl (C=O) groups is 2. The quantitative estimate of drug-likeness (QED) is 0.851. The fraction of sp³-hybridized carbons (Fsp3) is 0.600. The fourth-order valence-electron chi connectivity index (χ4n) is 4.19. The minimum Gasteiger partial charge on any atom is -0.378 e. The van der Waals surface area contributed by atoms with Gasteiger partial charge in [-0.2, -0.15) is 0 Å². The second kappa shape index (κ2) is 6.87. The normalized spacial score (nSPS) is 29.6. The second-order valence-electron chi connectivity index (χ2n) is 8.00. The molecule has 0 radical (unpaired) electrons. The zero-order valence-corrected chi connectivity index (χ0v) is 16.4. The van der Waals surface area contributed by atoms with Crippen molar-refractivity contribution in [2.75, 3.05) is 25.1 Å². The van der Waals surface area contributed by atoms with Gasteiger partial charge in [0.15, 0.2) is 0 Å². The van der Waals surface area contributed by atoms with Crippen LogP contribution in [0.5, 0.6) is 0 Å². The van der Waals surface area contributed by atoms with Crippen molar-refractivity contribution in [2.24, 2.45) is 11.1 Å². The van der Waals surface area contributed by atoms with Gasteiger partial charge in [-0.15, -0.1) is 0 Å². The molecular formula is C20H28FN3O3. The third-order valence-corrected chi connectivity index (χ3v) is 6.32. The number of amides is 2. The Balaban J connectivity index is 1.75. The number of para-hydroxylation sites is 1. The number of benzene rings is 1. The molecular weight excluding hydrogens is 349 g/mol. The van der Waals surface area contributed by atoms with Crippen molar-refractivity contribution < 1.29 is 18.7 Å². The first-order valence-electron chi connectivity index (χ1n) is 9.38. The number of rotatable bonds is 5. The number of anilines is 1. The summed E-state index contributed by atoms with van der Waals surface area (Å²) in [6.07, 6.45) is 0.787. The fourth-order valence-corrected chi connectivity index (χ4v) is 4.19. The van der Waals surface area contributed by atoms with Gasteiger partial charge in [-0.25, -0.2) is 4.39 Å². The van der Waals surface area contributed by atoms with Crippen LogP contribution in [0.2, 0.25) is 0 Å². The first kappa shape index (κ1) is 19.8. The molecule has 1 saturated carbocycles. The Morgan fingerprint density at radius 1 is 1.41 bits per heavy atom. The van der Waals surface area contributed by atoms with Crippen molar-refractivity contribution in [3.63, 3.8) is 0 Å². The van der Waals surface area contributed by atoms with E-state index in [-0.39, 0.29) is 23.6 Å². The molecule has 2 aliphatic rings. The minimum absolute atomic E-state index is 0.0842. The van der Waals surface area contributed by atoms with Crippen LogP contribution in [0.3, 0.4) is 0 Å². The lowest BCUT2D eigenvalue weighted by atomic mass is 9.54. The predicted octanol–water partition coefficient (Wildman–Crippen LogP) is 1.92. The summed E-state index contributed by atoms with van der Waals surface area (Å²) in [6.45, 7) is 6.68. The topological polar surface area (TPSA) is 75.9 Å². The molecule has 27 heavy (non-hydrogen) atoms. The molecule has 7 heteroatoms. The summed E-state index contributed by atoms with van der Waals surface area (Å²) in [4.78, 5) is 28.9. The van der Waals surface area contributed by atoms with Gasteiger partial charge in [0.05, 0.1) is 11.8 Å². The molecule has 3 atom stereocenters. The van der Waals surface area contributed by atoms with Gasteiger partial charge in [0.1, 0.15) is 17.4 Å². The number of nitrogens with two attached hydrogens (primary N) is 1. The van der Waals surface area contributed by atoms with Gasteiger partial charge in [-0.05, 0) is 25.5 Å². The Morgan fingerprint density at radius 2 is 2.07 bits per heavy atom. The van der Waals surface area contributed by atoms with E-state index >= 15 is 0 Å². The van der Waals surface area contributed by atoms with E-state index in [0.717, 1.165) is 0 Å². The molecule has 1 aromatic carbocycles. The molecule has 1 aliphatic carbocycles. The Hall–Kier alpha value is -1.99.